The van der Waals surface area contributed by atoms with Crippen LogP contribution in [0.4, 0.5) is 0 Å². The van der Waals surface area contributed by atoms with Crippen LogP contribution in [-0.2, 0) is 4.79 Å². The summed E-state index contributed by atoms with van der Waals surface area (Å²) in [5.41, 5.74) is 3.84. The second kappa shape index (κ2) is 9.19. The summed E-state index contributed by atoms with van der Waals surface area (Å²) in [7, 11) is 1.87. The third-order valence-corrected chi connectivity index (χ3v) is 5.33. The second-order valence-corrected chi connectivity index (χ2v) is 7.27. The van der Waals surface area contributed by atoms with E-state index >= 15 is 0 Å². The number of aromatic nitrogens is 1. The van der Waals surface area contributed by atoms with Gasteiger partial charge >= 0.3 is 0 Å². The summed E-state index contributed by atoms with van der Waals surface area (Å²) in [6.45, 7) is 0. The van der Waals surface area contributed by atoms with Crippen molar-refractivity contribution in [3.8, 4) is 0 Å². The Morgan fingerprint density at radius 1 is 0.667 bits per heavy atom. The minimum atomic E-state index is -0.382. The highest BCUT2D eigenvalue weighted by atomic mass is 16.2. The Bertz CT molecular complexity index is 988. The SMILES string of the molecule is CN(C(=O)C(c1ccccc1)c1ccccc1)C(c1ccccc1)c1ccccn1. The molecule has 1 amide bonds. The Labute approximate surface area is 177 Å². The summed E-state index contributed by atoms with van der Waals surface area (Å²) >= 11 is 0. The fraction of sp³-hybridized carbons (Fsp3) is 0.111. The van der Waals surface area contributed by atoms with Crippen LogP contribution in [-0.4, -0.2) is 22.8 Å². The Kier molecular flexibility index (Phi) is 6.00. The van der Waals surface area contributed by atoms with Gasteiger partial charge in [-0.15, -0.1) is 0 Å². The van der Waals surface area contributed by atoms with E-state index in [1.165, 1.54) is 0 Å². The Morgan fingerprint density at radius 2 is 1.13 bits per heavy atom. The number of benzene rings is 3. The molecule has 4 rings (SSSR count). The van der Waals surface area contributed by atoms with Crippen LogP contribution in [0.1, 0.15) is 34.3 Å². The van der Waals surface area contributed by atoms with Crippen LogP contribution < -0.4 is 0 Å². The molecule has 0 radical (unpaired) electrons. The first-order valence-corrected chi connectivity index (χ1v) is 10.1. The molecule has 0 aliphatic heterocycles. The number of carbonyl (C=O) groups excluding carboxylic acids is 1. The van der Waals surface area contributed by atoms with Gasteiger partial charge in [0.2, 0.25) is 5.91 Å². The van der Waals surface area contributed by atoms with Gasteiger partial charge in [-0.1, -0.05) is 97.1 Å². The highest BCUT2D eigenvalue weighted by Gasteiger charge is 2.31. The molecule has 0 spiro atoms. The molecule has 4 aromatic rings. The van der Waals surface area contributed by atoms with Gasteiger partial charge in [0.05, 0.1) is 17.7 Å². The maximum atomic E-state index is 13.9. The van der Waals surface area contributed by atoms with E-state index in [1.807, 2.05) is 121 Å². The smallest absolute Gasteiger partial charge is 0.235 e. The first-order valence-electron chi connectivity index (χ1n) is 10.1. The predicted molar refractivity (Wildman–Crippen MR) is 120 cm³/mol. The summed E-state index contributed by atoms with van der Waals surface area (Å²) in [6, 6.07) is 35.5. The first kappa shape index (κ1) is 19.6. The third kappa shape index (κ3) is 4.15. The van der Waals surface area contributed by atoms with Crippen LogP contribution in [0, 0.1) is 0 Å². The second-order valence-electron chi connectivity index (χ2n) is 7.27. The summed E-state index contributed by atoms with van der Waals surface area (Å²) < 4.78 is 0. The molecule has 3 heteroatoms. The fourth-order valence-corrected chi connectivity index (χ4v) is 3.87. The lowest BCUT2D eigenvalue weighted by Gasteiger charge is -2.32. The molecule has 0 aliphatic carbocycles. The lowest BCUT2D eigenvalue weighted by molar-refractivity contribution is -0.132. The molecule has 0 saturated heterocycles. The predicted octanol–water partition coefficient (Wildman–Crippen LogP) is 5.46. The molecule has 0 aliphatic rings. The highest BCUT2D eigenvalue weighted by Crippen LogP contribution is 2.32. The molecule has 30 heavy (non-hydrogen) atoms. The Hall–Kier alpha value is -3.72. The zero-order valence-corrected chi connectivity index (χ0v) is 16.9. The van der Waals surface area contributed by atoms with Gasteiger partial charge in [-0.25, -0.2) is 0 Å². The number of hydrogen-bond acceptors (Lipinski definition) is 2. The van der Waals surface area contributed by atoms with E-state index in [4.69, 9.17) is 0 Å². The van der Waals surface area contributed by atoms with Crippen molar-refractivity contribution < 1.29 is 4.79 Å². The third-order valence-electron chi connectivity index (χ3n) is 5.33. The average molecular weight is 393 g/mol. The van der Waals surface area contributed by atoms with Gasteiger partial charge in [0, 0.05) is 13.2 Å². The van der Waals surface area contributed by atoms with Gasteiger partial charge in [0.1, 0.15) is 0 Å². The van der Waals surface area contributed by atoms with E-state index in [-0.39, 0.29) is 17.9 Å². The molecule has 0 bridgehead atoms. The van der Waals surface area contributed by atoms with E-state index in [1.54, 1.807) is 6.20 Å². The van der Waals surface area contributed by atoms with E-state index in [9.17, 15) is 4.79 Å². The monoisotopic (exact) mass is 392 g/mol. The van der Waals surface area contributed by atoms with Gasteiger partial charge in [0.15, 0.2) is 0 Å². The maximum Gasteiger partial charge on any atom is 0.235 e. The van der Waals surface area contributed by atoms with Crippen LogP contribution in [0.15, 0.2) is 115 Å². The number of pyridine rings is 1. The average Bonchev–Trinajstić information content (AvgIpc) is 2.82. The molecule has 148 valence electrons. The molecule has 1 aromatic heterocycles. The number of hydrogen-bond donors (Lipinski definition) is 0. The molecule has 1 atom stereocenters. The molecule has 1 heterocycles. The highest BCUT2D eigenvalue weighted by molar-refractivity contribution is 5.87. The molecule has 3 aromatic carbocycles. The first-order chi connectivity index (χ1) is 14.8. The van der Waals surface area contributed by atoms with E-state index in [0.717, 1.165) is 22.4 Å². The van der Waals surface area contributed by atoms with Gasteiger partial charge in [-0.3, -0.25) is 9.78 Å². The quantitative estimate of drug-likeness (QED) is 0.436. The normalized spacial score (nSPS) is 11.8. The van der Waals surface area contributed by atoms with Crippen LogP contribution in [0.3, 0.4) is 0 Å². The molecule has 0 fully saturated rings. The molecule has 0 N–H and O–H groups in total. The van der Waals surface area contributed by atoms with Crippen molar-refractivity contribution in [2.75, 3.05) is 7.05 Å². The standard InChI is InChI=1S/C27H24N2O/c1-29(26(23-17-9-4-10-18-23)24-19-11-12-20-28-24)27(30)25(21-13-5-2-6-14-21)22-15-7-3-8-16-22/h2-20,25-26H,1H3. The maximum absolute atomic E-state index is 13.9. The van der Waals surface area contributed by atoms with Crippen LogP contribution in [0.2, 0.25) is 0 Å². The van der Waals surface area contributed by atoms with Gasteiger partial charge in [0.25, 0.3) is 0 Å². The summed E-state index contributed by atoms with van der Waals surface area (Å²) in [5, 5.41) is 0. The summed E-state index contributed by atoms with van der Waals surface area (Å²) in [5.74, 6) is -0.348. The number of likely N-dealkylation sites (N-methyl/N-ethyl adjacent to an activating group) is 1. The lowest BCUT2D eigenvalue weighted by Crippen LogP contribution is -2.36. The van der Waals surface area contributed by atoms with Crippen molar-refractivity contribution in [1.82, 2.24) is 9.88 Å². The molecule has 3 nitrogen and oxygen atoms in total. The Morgan fingerprint density at radius 3 is 1.60 bits per heavy atom. The van der Waals surface area contributed by atoms with Crippen LogP contribution in [0.5, 0.6) is 0 Å². The van der Waals surface area contributed by atoms with Gasteiger partial charge < -0.3 is 4.90 Å². The Balaban J connectivity index is 1.78. The van der Waals surface area contributed by atoms with Crippen LogP contribution in [0.25, 0.3) is 0 Å². The van der Waals surface area contributed by atoms with Crippen molar-refractivity contribution in [3.63, 3.8) is 0 Å². The largest absolute Gasteiger partial charge is 0.332 e. The lowest BCUT2D eigenvalue weighted by atomic mass is 9.89. The van der Waals surface area contributed by atoms with Gasteiger partial charge in [-0.2, -0.15) is 0 Å². The minimum Gasteiger partial charge on any atom is -0.332 e. The minimum absolute atomic E-state index is 0.0342. The molecular formula is C27H24N2O. The van der Waals surface area contributed by atoms with Crippen molar-refractivity contribution in [2.24, 2.45) is 0 Å². The number of rotatable bonds is 6. The molecular weight excluding hydrogens is 368 g/mol. The zero-order valence-electron chi connectivity index (χ0n) is 16.9. The zero-order chi connectivity index (χ0) is 20.8. The summed E-state index contributed by atoms with van der Waals surface area (Å²) in [4.78, 5) is 20.3. The fourth-order valence-electron chi connectivity index (χ4n) is 3.87. The van der Waals surface area contributed by atoms with E-state index in [2.05, 4.69) is 4.98 Å². The molecule has 1 unspecified atom stereocenters. The van der Waals surface area contributed by atoms with Crippen molar-refractivity contribution in [2.45, 2.75) is 12.0 Å². The summed E-state index contributed by atoms with van der Waals surface area (Å²) in [6.07, 6.45) is 1.77. The number of amides is 1. The van der Waals surface area contributed by atoms with E-state index < -0.39 is 0 Å². The molecule has 0 saturated carbocycles. The topological polar surface area (TPSA) is 33.2 Å². The number of nitrogens with zero attached hydrogens (tertiary/aromatic N) is 2. The van der Waals surface area contributed by atoms with Crippen LogP contribution >= 0.6 is 0 Å². The van der Waals surface area contributed by atoms with Gasteiger partial charge in [-0.05, 0) is 28.8 Å². The van der Waals surface area contributed by atoms with Crippen molar-refractivity contribution in [1.29, 1.82) is 0 Å². The van der Waals surface area contributed by atoms with Crippen molar-refractivity contribution >= 4 is 5.91 Å². The van der Waals surface area contributed by atoms with E-state index in [0.29, 0.717) is 0 Å². The van der Waals surface area contributed by atoms with Crippen molar-refractivity contribution in [3.05, 3.63) is 138 Å². The number of carbonyl (C=O) groups is 1.